The quantitative estimate of drug-likeness (QED) is 0.0499. The van der Waals surface area contributed by atoms with Gasteiger partial charge in [0.15, 0.2) is 0 Å². The smallest absolute Gasteiger partial charge is 0.336 e. The molecule has 0 heterocycles. The lowest BCUT2D eigenvalue weighted by Crippen LogP contribution is -2.06. The first-order valence-corrected chi connectivity index (χ1v) is 24.5. The summed E-state index contributed by atoms with van der Waals surface area (Å²) in [6.45, 7) is 4.53. The average Bonchev–Trinajstić information content (AvgIpc) is 3.19. The Morgan fingerprint density at radius 2 is 0.614 bits per heavy atom. The fourth-order valence-electron chi connectivity index (χ4n) is 8.16. The molecule has 2 aromatic carbocycles. The maximum absolute atomic E-state index is 12.3. The van der Waals surface area contributed by atoms with Crippen LogP contribution in [0.3, 0.4) is 0 Å². The number of aromatic hydroxyl groups is 2. The van der Waals surface area contributed by atoms with E-state index in [2.05, 4.69) is 13.8 Å². The van der Waals surface area contributed by atoms with Crippen molar-refractivity contribution in [3.8, 4) is 11.5 Å². The van der Waals surface area contributed by atoms with Crippen molar-refractivity contribution in [1.29, 1.82) is 0 Å². The van der Waals surface area contributed by atoms with Gasteiger partial charge >= 0.3 is 11.9 Å². The van der Waals surface area contributed by atoms with Crippen LogP contribution in [0.4, 0.5) is 0 Å². The summed E-state index contributed by atoms with van der Waals surface area (Å²) in [6.07, 6.45) is 41.2. The van der Waals surface area contributed by atoms with Crippen LogP contribution in [-0.2, 0) is 12.8 Å². The molecule has 0 atom stereocenters. The van der Waals surface area contributed by atoms with Gasteiger partial charge in [0.05, 0.1) is 20.9 Å². The van der Waals surface area contributed by atoms with Crippen LogP contribution >= 0.6 is 11.8 Å². The van der Waals surface area contributed by atoms with Crippen LogP contribution in [0, 0.1) is 0 Å². The third kappa shape index (κ3) is 22.3. The summed E-state index contributed by atoms with van der Waals surface area (Å²) in [5.74, 6) is -2.21. The van der Waals surface area contributed by atoms with Gasteiger partial charge in [0.1, 0.15) is 11.5 Å². The zero-order valence-electron chi connectivity index (χ0n) is 36.4. The molecule has 0 aliphatic carbocycles. The van der Waals surface area contributed by atoms with Crippen molar-refractivity contribution in [2.24, 2.45) is 0 Å². The largest absolute Gasteiger partial charge is 0.507 e. The lowest BCUT2D eigenvalue weighted by molar-refractivity contribution is 0.0684. The van der Waals surface area contributed by atoms with E-state index in [-0.39, 0.29) is 22.6 Å². The van der Waals surface area contributed by atoms with Gasteiger partial charge in [-0.2, -0.15) is 0 Å². The van der Waals surface area contributed by atoms with E-state index in [0.717, 1.165) is 50.3 Å². The predicted molar refractivity (Wildman–Crippen MR) is 241 cm³/mol. The fraction of sp³-hybridized carbons (Fsp3) is 0.720. The zero-order chi connectivity index (χ0) is 41.4. The number of rotatable bonds is 38. The summed E-state index contributed by atoms with van der Waals surface area (Å²) < 4.78 is 0. The summed E-state index contributed by atoms with van der Waals surface area (Å²) in [5, 5.41) is 42.3. The van der Waals surface area contributed by atoms with E-state index in [0.29, 0.717) is 33.8 Å². The highest BCUT2D eigenvalue weighted by atomic mass is 32.2. The van der Waals surface area contributed by atoms with E-state index in [1.165, 1.54) is 191 Å². The molecule has 324 valence electrons. The molecule has 0 spiro atoms. The predicted octanol–water partition coefficient (Wildman–Crippen LogP) is 16.3. The van der Waals surface area contributed by atoms with Gasteiger partial charge in [0.25, 0.3) is 0 Å². The van der Waals surface area contributed by atoms with Crippen LogP contribution < -0.4 is 0 Å². The number of hydrogen-bond acceptors (Lipinski definition) is 5. The van der Waals surface area contributed by atoms with Crippen molar-refractivity contribution in [2.75, 3.05) is 0 Å². The van der Waals surface area contributed by atoms with Crippen molar-refractivity contribution in [3.63, 3.8) is 0 Å². The number of aromatic carboxylic acids is 2. The Morgan fingerprint density at radius 3 is 0.842 bits per heavy atom. The number of unbranched alkanes of at least 4 members (excludes halogenated alkanes) is 30. The highest BCUT2D eigenvalue weighted by molar-refractivity contribution is 7.99. The first-order valence-electron chi connectivity index (χ1n) is 23.7. The van der Waals surface area contributed by atoms with Crippen LogP contribution in [0.1, 0.15) is 251 Å². The number of carbonyl (C=O) groups is 2. The minimum Gasteiger partial charge on any atom is -0.507 e. The number of carboxylic acids is 2. The second-order valence-corrected chi connectivity index (χ2v) is 17.7. The molecule has 6 nitrogen and oxygen atoms in total. The maximum atomic E-state index is 12.3. The van der Waals surface area contributed by atoms with Gasteiger partial charge in [-0.25, -0.2) is 9.59 Å². The second kappa shape index (κ2) is 33.2. The van der Waals surface area contributed by atoms with Gasteiger partial charge in [0, 0.05) is 0 Å². The molecule has 0 saturated carbocycles. The molecule has 4 N–H and O–H groups in total. The molecule has 57 heavy (non-hydrogen) atoms. The number of phenolic OH excluding ortho intramolecular Hbond substituents is 2. The van der Waals surface area contributed by atoms with Crippen molar-refractivity contribution in [2.45, 2.75) is 242 Å². The van der Waals surface area contributed by atoms with Gasteiger partial charge in [0.2, 0.25) is 0 Å². The van der Waals surface area contributed by atoms with Crippen LogP contribution in [0.15, 0.2) is 34.1 Å². The Morgan fingerprint density at radius 1 is 0.386 bits per heavy atom. The lowest BCUT2D eigenvalue weighted by atomic mass is 9.99. The summed E-state index contributed by atoms with van der Waals surface area (Å²) in [6, 6.07) is 5.70. The van der Waals surface area contributed by atoms with Crippen LogP contribution in [0.5, 0.6) is 11.5 Å². The molecule has 2 rings (SSSR count). The topological polar surface area (TPSA) is 115 Å². The minimum atomic E-state index is -1.06. The summed E-state index contributed by atoms with van der Waals surface area (Å²) in [5.41, 5.74) is 1.38. The zero-order valence-corrected chi connectivity index (χ0v) is 37.2. The average molecular weight is 811 g/mol. The maximum Gasteiger partial charge on any atom is 0.336 e. The molecule has 0 aliphatic heterocycles. The van der Waals surface area contributed by atoms with Gasteiger partial charge in [-0.15, -0.1) is 0 Å². The van der Waals surface area contributed by atoms with Crippen molar-refractivity contribution in [1.82, 2.24) is 0 Å². The summed E-state index contributed by atoms with van der Waals surface area (Å²) in [4.78, 5) is 25.5. The van der Waals surface area contributed by atoms with Crippen LogP contribution in [-0.4, -0.2) is 32.4 Å². The van der Waals surface area contributed by atoms with Crippen LogP contribution in [0.2, 0.25) is 0 Å². The van der Waals surface area contributed by atoms with Gasteiger partial charge in [-0.05, 0) is 61.1 Å². The molecule has 7 heteroatoms. The van der Waals surface area contributed by atoms with Crippen molar-refractivity contribution >= 4 is 23.7 Å². The number of phenols is 2. The Labute approximate surface area is 352 Å². The van der Waals surface area contributed by atoms with Crippen LogP contribution in [0.25, 0.3) is 0 Å². The first kappa shape index (κ1) is 50.5. The Bertz CT molecular complexity index is 1260. The summed E-state index contributed by atoms with van der Waals surface area (Å²) >= 11 is 1.11. The highest BCUT2D eigenvalue weighted by Gasteiger charge is 2.23. The lowest BCUT2D eigenvalue weighted by Gasteiger charge is -2.18. The van der Waals surface area contributed by atoms with E-state index < -0.39 is 11.9 Å². The standard InChI is InChI=1S/C50H82O6S/c1-3-5-7-9-11-13-15-17-19-21-23-25-27-29-31-33-35-41-43(49(53)54)37-39-45(51)47(41)57-48-42(44(50(55)56)38-40-46(48)52)36-34-32-30-28-26-24-22-20-18-16-14-12-10-8-6-4-2/h37-40,51-52H,3-36H2,1-2H3,(H,53,54)(H,55,56). The molecular formula is C50H82O6S. The third-order valence-electron chi connectivity index (χ3n) is 11.7. The Balaban J connectivity index is 1.84. The van der Waals surface area contributed by atoms with Gasteiger partial charge < -0.3 is 20.4 Å². The first-order chi connectivity index (χ1) is 27.8. The SMILES string of the molecule is CCCCCCCCCCCCCCCCCCc1c(C(=O)O)ccc(O)c1Sc1c(O)ccc(C(=O)O)c1CCCCCCCCCCCCCCCCCC. The summed E-state index contributed by atoms with van der Waals surface area (Å²) in [7, 11) is 0. The highest BCUT2D eigenvalue weighted by Crippen LogP contribution is 2.45. The molecule has 0 aliphatic rings. The molecular weight excluding hydrogens is 729 g/mol. The molecule has 0 bridgehead atoms. The van der Waals surface area contributed by atoms with Crippen molar-refractivity contribution < 1.29 is 30.0 Å². The van der Waals surface area contributed by atoms with E-state index in [9.17, 15) is 30.0 Å². The normalized spacial score (nSPS) is 11.4. The molecule has 0 radical (unpaired) electrons. The molecule has 2 aromatic rings. The Kier molecular flexibility index (Phi) is 29.4. The number of carboxylic acid groups (broad SMARTS) is 2. The molecule has 0 aromatic heterocycles. The monoisotopic (exact) mass is 811 g/mol. The number of hydrogen-bond donors (Lipinski definition) is 4. The van der Waals surface area contributed by atoms with E-state index >= 15 is 0 Å². The molecule has 0 saturated heterocycles. The molecule has 0 unspecified atom stereocenters. The van der Waals surface area contributed by atoms with E-state index in [1.807, 2.05) is 0 Å². The Hall–Kier alpha value is -2.67. The third-order valence-corrected chi connectivity index (χ3v) is 13.0. The molecule has 0 fully saturated rings. The van der Waals surface area contributed by atoms with Gasteiger partial charge in [-0.1, -0.05) is 218 Å². The van der Waals surface area contributed by atoms with E-state index in [1.54, 1.807) is 0 Å². The van der Waals surface area contributed by atoms with Gasteiger partial charge in [-0.3, -0.25) is 0 Å². The van der Waals surface area contributed by atoms with Crippen molar-refractivity contribution in [3.05, 3.63) is 46.5 Å². The van der Waals surface area contributed by atoms with E-state index in [4.69, 9.17) is 0 Å². The second-order valence-electron chi connectivity index (χ2n) is 16.7. The molecule has 0 amide bonds. The number of benzene rings is 2. The minimum absolute atomic E-state index is 0.0509. The fourth-order valence-corrected chi connectivity index (χ4v) is 9.38.